The predicted octanol–water partition coefficient (Wildman–Crippen LogP) is 5.44. The van der Waals surface area contributed by atoms with Crippen LogP contribution in [0, 0.1) is 11.3 Å². The van der Waals surface area contributed by atoms with Crippen LogP contribution in [0.5, 0.6) is 0 Å². The quantitative estimate of drug-likeness (QED) is 0.721. The molecule has 22 heavy (non-hydrogen) atoms. The zero-order valence-corrected chi connectivity index (χ0v) is 15.5. The lowest BCUT2D eigenvalue weighted by molar-refractivity contribution is 0.0430. The van der Waals surface area contributed by atoms with Gasteiger partial charge in [0.2, 0.25) is 0 Å². The van der Waals surface area contributed by atoms with Gasteiger partial charge in [0.15, 0.2) is 0 Å². The van der Waals surface area contributed by atoms with Crippen molar-refractivity contribution < 1.29 is 4.74 Å². The molecule has 1 aromatic carbocycles. The summed E-state index contributed by atoms with van der Waals surface area (Å²) in [5.41, 5.74) is 1.54. The van der Waals surface area contributed by atoms with Crippen molar-refractivity contribution in [1.29, 1.82) is 0 Å². The van der Waals surface area contributed by atoms with Crippen molar-refractivity contribution in [1.82, 2.24) is 4.90 Å². The summed E-state index contributed by atoms with van der Waals surface area (Å²) in [7, 11) is 1.75. The third-order valence-electron chi connectivity index (χ3n) is 4.79. The van der Waals surface area contributed by atoms with Crippen LogP contribution in [0.15, 0.2) is 18.2 Å². The van der Waals surface area contributed by atoms with E-state index in [0.29, 0.717) is 22.1 Å². The molecular weight excluding hydrogens is 317 g/mol. The van der Waals surface area contributed by atoms with Gasteiger partial charge in [0.1, 0.15) is 0 Å². The van der Waals surface area contributed by atoms with Crippen LogP contribution < -0.4 is 0 Å². The molecule has 1 saturated heterocycles. The Bertz CT molecular complexity index is 470. The zero-order valence-electron chi connectivity index (χ0n) is 14.0. The minimum Gasteiger partial charge on any atom is -0.383 e. The second-order valence-electron chi connectivity index (χ2n) is 7.35. The molecule has 0 saturated carbocycles. The van der Waals surface area contributed by atoms with Crippen molar-refractivity contribution >= 4 is 23.2 Å². The molecule has 0 amide bonds. The highest BCUT2D eigenvalue weighted by Crippen LogP contribution is 2.37. The molecule has 1 aliphatic rings. The lowest BCUT2D eigenvalue weighted by atomic mass is 9.75. The maximum absolute atomic E-state index is 6.17. The Morgan fingerprint density at radius 1 is 1.14 bits per heavy atom. The van der Waals surface area contributed by atoms with E-state index in [9.17, 15) is 0 Å². The van der Waals surface area contributed by atoms with Crippen LogP contribution >= 0.6 is 23.2 Å². The van der Waals surface area contributed by atoms with E-state index in [1.807, 2.05) is 12.1 Å². The first-order chi connectivity index (χ1) is 10.3. The van der Waals surface area contributed by atoms with E-state index in [1.165, 1.54) is 12.8 Å². The fourth-order valence-corrected chi connectivity index (χ4v) is 3.96. The summed E-state index contributed by atoms with van der Waals surface area (Å²) in [6.45, 7) is 9.89. The normalized spacial score (nSPS) is 19.4. The van der Waals surface area contributed by atoms with E-state index in [4.69, 9.17) is 27.9 Å². The number of nitrogens with zero attached hydrogens (tertiary/aromatic N) is 1. The maximum atomic E-state index is 6.17. The van der Waals surface area contributed by atoms with Crippen LogP contribution in [0.3, 0.4) is 0 Å². The molecule has 1 heterocycles. The molecule has 0 aliphatic carbocycles. The smallest absolute Gasteiger partial charge is 0.0659 e. The number of methoxy groups -OCH3 is 1. The maximum Gasteiger partial charge on any atom is 0.0659 e. The third-order valence-corrected chi connectivity index (χ3v) is 5.23. The molecule has 0 aromatic heterocycles. The van der Waals surface area contributed by atoms with Crippen molar-refractivity contribution in [3.63, 3.8) is 0 Å². The second kappa shape index (κ2) is 7.53. The number of hydrogen-bond acceptors (Lipinski definition) is 2. The molecule has 124 valence electrons. The highest BCUT2D eigenvalue weighted by molar-refractivity contribution is 6.34. The van der Waals surface area contributed by atoms with E-state index in [0.717, 1.165) is 24.6 Å². The van der Waals surface area contributed by atoms with Crippen molar-refractivity contribution in [2.45, 2.75) is 39.7 Å². The minimum absolute atomic E-state index is 0.224. The molecule has 0 radical (unpaired) electrons. The van der Waals surface area contributed by atoms with Crippen LogP contribution in [0.2, 0.25) is 10.0 Å². The third kappa shape index (κ3) is 4.61. The van der Waals surface area contributed by atoms with Gasteiger partial charge in [0, 0.05) is 17.2 Å². The first-order valence-electron chi connectivity index (χ1n) is 8.00. The number of rotatable bonds is 4. The standard InChI is InChI=1S/C18H27Cl2NO/c1-18(2,3)14-5-7-21(8-6-14)17(12-22-4)13-9-15(19)11-16(20)10-13/h9-11,14,17H,5-8,12H2,1-4H3/t17-/m1/s1. The summed E-state index contributed by atoms with van der Waals surface area (Å²) >= 11 is 12.3. The van der Waals surface area contributed by atoms with E-state index in [1.54, 1.807) is 13.2 Å². The van der Waals surface area contributed by atoms with E-state index >= 15 is 0 Å². The molecule has 1 aromatic rings. The van der Waals surface area contributed by atoms with Crippen LogP contribution in [0.4, 0.5) is 0 Å². The number of hydrogen-bond donors (Lipinski definition) is 0. The van der Waals surface area contributed by atoms with Gasteiger partial charge < -0.3 is 4.74 Å². The summed E-state index contributed by atoms with van der Waals surface area (Å²) in [4.78, 5) is 2.51. The summed E-state index contributed by atoms with van der Waals surface area (Å²) in [5.74, 6) is 0.787. The van der Waals surface area contributed by atoms with Gasteiger partial charge in [-0.05, 0) is 61.0 Å². The lowest BCUT2D eigenvalue weighted by Crippen LogP contribution is -2.41. The van der Waals surface area contributed by atoms with Crippen LogP contribution in [0.25, 0.3) is 0 Å². The summed E-state index contributed by atoms with van der Waals surface area (Å²) in [6, 6.07) is 6.02. The van der Waals surface area contributed by atoms with Gasteiger partial charge >= 0.3 is 0 Å². The number of piperidine rings is 1. The summed E-state index contributed by atoms with van der Waals surface area (Å²) in [6.07, 6.45) is 2.47. The van der Waals surface area contributed by atoms with Crippen molar-refractivity contribution in [2.24, 2.45) is 11.3 Å². The average molecular weight is 344 g/mol. The van der Waals surface area contributed by atoms with Gasteiger partial charge in [0.25, 0.3) is 0 Å². The van der Waals surface area contributed by atoms with E-state index in [-0.39, 0.29) is 6.04 Å². The fourth-order valence-electron chi connectivity index (χ4n) is 3.42. The summed E-state index contributed by atoms with van der Waals surface area (Å²) in [5, 5.41) is 1.38. The van der Waals surface area contributed by atoms with E-state index < -0.39 is 0 Å². The Hall–Kier alpha value is -0.280. The van der Waals surface area contributed by atoms with Gasteiger partial charge in [-0.25, -0.2) is 0 Å². The van der Waals surface area contributed by atoms with Crippen molar-refractivity contribution in [2.75, 3.05) is 26.8 Å². The minimum atomic E-state index is 0.224. The predicted molar refractivity (Wildman–Crippen MR) is 94.8 cm³/mol. The number of ether oxygens (including phenoxy) is 1. The van der Waals surface area contributed by atoms with Gasteiger partial charge in [-0.15, -0.1) is 0 Å². The zero-order chi connectivity index (χ0) is 16.3. The first kappa shape index (κ1) is 18.1. The Morgan fingerprint density at radius 3 is 2.14 bits per heavy atom. The molecule has 1 aliphatic heterocycles. The van der Waals surface area contributed by atoms with Gasteiger partial charge in [-0.2, -0.15) is 0 Å². The number of halogens is 2. The number of benzene rings is 1. The molecule has 4 heteroatoms. The second-order valence-corrected chi connectivity index (χ2v) is 8.22. The first-order valence-corrected chi connectivity index (χ1v) is 8.76. The SMILES string of the molecule is COC[C@H](c1cc(Cl)cc(Cl)c1)N1CCC(C(C)(C)C)CC1. The van der Waals surface area contributed by atoms with Crippen LogP contribution in [-0.2, 0) is 4.74 Å². The van der Waals surface area contributed by atoms with Crippen LogP contribution in [0.1, 0.15) is 45.2 Å². The van der Waals surface area contributed by atoms with Crippen molar-refractivity contribution in [3.8, 4) is 0 Å². The molecule has 2 rings (SSSR count). The largest absolute Gasteiger partial charge is 0.383 e. The average Bonchev–Trinajstić information content (AvgIpc) is 2.43. The molecule has 0 N–H and O–H groups in total. The van der Waals surface area contributed by atoms with Crippen LogP contribution in [-0.4, -0.2) is 31.7 Å². The molecule has 1 fully saturated rings. The molecule has 0 bridgehead atoms. The van der Waals surface area contributed by atoms with Gasteiger partial charge in [-0.3, -0.25) is 4.90 Å². The fraction of sp³-hybridized carbons (Fsp3) is 0.667. The molecule has 0 unspecified atom stereocenters. The molecule has 2 nitrogen and oxygen atoms in total. The molecule has 0 spiro atoms. The van der Waals surface area contributed by atoms with Crippen molar-refractivity contribution in [3.05, 3.63) is 33.8 Å². The van der Waals surface area contributed by atoms with Gasteiger partial charge in [-0.1, -0.05) is 44.0 Å². The molecular formula is C18H27Cl2NO. The Labute approximate surface area is 144 Å². The Kier molecular flexibility index (Phi) is 6.18. The highest BCUT2D eigenvalue weighted by atomic mass is 35.5. The van der Waals surface area contributed by atoms with Gasteiger partial charge in [0.05, 0.1) is 12.6 Å². The highest BCUT2D eigenvalue weighted by Gasteiger charge is 2.31. The summed E-state index contributed by atoms with van der Waals surface area (Å²) < 4.78 is 5.46. The lowest BCUT2D eigenvalue weighted by Gasteiger charge is -2.42. The topological polar surface area (TPSA) is 12.5 Å². The molecule has 1 atom stereocenters. The van der Waals surface area contributed by atoms with E-state index in [2.05, 4.69) is 25.7 Å². The monoisotopic (exact) mass is 343 g/mol. The number of likely N-dealkylation sites (tertiary alicyclic amines) is 1. The Balaban J connectivity index is 2.12. The Morgan fingerprint density at radius 2 is 1.68 bits per heavy atom.